The molecule has 1 heterocycles. The molecule has 1 rings (SSSR count). The molecule has 0 amide bonds. The highest BCUT2D eigenvalue weighted by Crippen LogP contribution is 1.99. The zero-order chi connectivity index (χ0) is 11.3. The standard InChI is InChI=1S/C11H21N3O/c1-4-6-10(12-5-2)9-14-8-7-13(3)11(14)15/h7-8,10,12H,4-6,9H2,1-3H3. The van der Waals surface area contributed by atoms with Crippen LogP contribution >= 0.6 is 0 Å². The third-order valence-corrected chi connectivity index (χ3v) is 2.56. The minimum atomic E-state index is 0.0639. The molecule has 4 nitrogen and oxygen atoms in total. The fraction of sp³-hybridized carbons (Fsp3) is 0.727. The molecule has 1 aromatic rings. The van der Waals surface area contributed by atoms with E-state index in [9.17, 15) is 4.79 Å². The number of nitrogens with zero attached hydrogens (tertiary/aromatic N) is 2. The van der Waals surface area contributed by atoms with Gasteiger partial charge in [-0.05, 0) is 13.0 Å². The Labute approximate surface area is 90.9 Å². The fourth-order valence-corrected chi connectivity index (χ4v) is 1.78. The van der Waals surface area contributed by atoms with E-state index < -0.39 is 0 Å². The van der Waals surface area contributed by atoms with Crippen LogP contribution in [0, 0.1) is 0 Å². The van der Waals surface area contributed by atoms with Crippen LogP contribution in [0.4, 0.5) is 0 Å². The molecule has 0 fully saturated rings. The molecule has 0 aromatic carbocycles. The van der Waals surface area contributed by atoms with E-state index in [-0.39, 0.29) is 5.69 Å². The van der Waals surface area contributed by atoms with E-state index in [1.165, 1.54) is 0 Å². The topological polar surface area (TPSA) is 39.0 Å². The van der Waals surface area contributed by atoms with Crippen LogP contribution in [-0.2, 0) is 13.6 Å². The van der Waals surface area contributed by atoms with E-state index in [0.29, 0.717) is 6.04 Å². The summed E-state index contributed by atoms with van der Waals surface area (Å²) in [7, 11) is 1.78. The fourth-order valence-electron chi connectivity index (χ4n) is 1.78. The molecule has 0 bridgehead atoms. The van der Waals surface area contributed by atoms with Crippen LogP contribution in [0.25, 0.3) is 0 Å². The zero-order valence-electron chi connectivity index (χ0n) is 9.86. The summed E-state index contributed by atoms with van der Waals surface area (Å²) in [4.78, 5) is 11.6. The Kier molecular flexibility index (Phi) is 4.62. The smallest absolute Gasteiger partial charge is 0.312 e. The van der Waals surface area contributed by atoms with Gasteiger partial charge in [-0.3, -0.25) is 4.57 Å². The van der Waals surface area contributed by atoms with Gasteiger partial charge in [-0.15, -0.1) is 0 Å². The molecule has 0 aliphatic heterocycles. The Morgan fingerprint density at radius 1 is 1.40 bits per heavy atom. The molecule has 0 spiro atoms. The number of hydrogen-bond donors (Lipinski definition) is 1. The molecule has 0 aliphatic rings. The SMILES string of the molecule is CCCC(Cn1ccn(C)c1=O)NCC. The second-order valence-electron chi connectivity index (χ2n) is 3.89. The molecule has 1 N–H and O–H groups in total. The molecule has 1 aromatic heterocycles. The summed E-state index contributed by atoms with van der Waals surface area (Å²) in [6.45, 7) is 5.97. The van der Waals surface area contributed by atoms with Gasteiger partial charge in [0.2, 0.25) is 0 Å². The normalized spacial score (nSPS) is 13.0. The van der Waals surface area contributed by atoms with Crippen molar-refractivity contribution in [3.63, 3.8) is 0 Å². The number of likely N-dealkylation sites (N-methyl/N-ethyl adjacent to an activating group) is 1. The number of hydrogen-bond acceptors (Lipinski definition) is 2. The third kappa shape index (κ3) is 3.23. The average Bonchev–Trinajstić information content (AvgIpc) is 2.51. The average molecular weight is 211 g/mol. The first-order valence-electron chi connectivity index (χ1n) is 5.64. The first-order chi connectivity index (χ1) is 7.19. The maximum Gasteiger partial charge on any atom is 0.327 e. The summed E-state index contributed by atoms with van der Waals surface area (Å²) in [5, 5.41) is 3.40. The van der Waals surface area contributed by atoms with Crippen LogP contribution in [0.1, 0.15) is 26.7 Å². The van der Waals surface area contributed by atoms with E-state index >= 15 is 0 Å². The Morgan fingerprint density at radius 2 is 2.13 bits per heavy atom. The van der Waals surface area contributed by atoms with Crippen LogP contribution < -0.4 is 11.0 Å². The Bertz CT molecular complexity index is 334. The van der Waals surface area contributed by atoms with E-state index in [0.717, 1.165) is 25.9 Å². The summed E-state index contributed by atoms with van der Waals surface area (Å²) >= 11 is 0. The first-order valence-corrected chi connectivity index (χ1v) is 5.64. The summed E-state index contributed by atoms with van der Waals surface area (Å²) in [5.74, 6) is 0. The Morgan fingerprint density at radius 3 is 2.60 bits per heavy atom. The van der Waals surface area contributed by atoms with E-state index in [2.05, 4.69) is 19.2 Å². The van der Waals surface area contributed by atoms with Gasteiger partial charge in [0.05, 0.1) is 0 Å². The van der Waals surface area contributed by atoms with Gasteiger partial charge >= 0.3 is 5.69 Å². The molecule has 1 unspecified atom stereocenters. The maximum atomic E-state index is 11.6. The lowest BCUT2D eigenvalue weighted by molar-refractivity contribution is 0.422. The van der Waals surface area contributed by atoms with Gasteiger partial charge in [-0.2, -0.15) is 0 Å². The van der Waals surface area contributed by atoms with Crippen LogP contribution in [0.15, 0.2) is 17.2 Å². The molecule has 4 heteroatoms. The lowest BCUT2D eigenvalue weighted by Gasteiger charge is -2.16. The molecule has 15 heavy (non-hydrogen) atoms. The van der Waals surface area contributed by atoms with Gasteiger partial charge in [-0.25, -0.2) is 4.79 Å². The lowest BCUT2D eigenvalue weighted by Crippen LogP contribution is -2.36. The van der Waals surface area contributed by atoms with E-state index in [1.54, 1.807) is 22.4 Å². The highest BCUT2D eigenvalue weighted by molar-refractivity contribution is 4.82. The van der Waals surface area contributed by atoms with Crippen LogP contribution in [0.3, 0.4) is 0 Å². The molecule has 86 valence electrons. The van der Waals surface area contributed by atoms with Crippen LogP contribution in [0.2, 0.25) is 0 Å². The summed E-state index contributed by atoms with van der Waals surface area (Å²) in [5.41, 5.74) is 0.0639. The van der Waals surface area contributed by atoms with Crippen LogP contribution in [-0.4, -0.2) is 21.7 Å². The van der Waals surface area contributed by atoms with Crippen molar-refractivity contribution in [2.75, 3.05) is 6.54 Å². The number of imidazole rings is 1. The number of nitrogens with one attached hydrogen (secondary N) is 1. The van der Waals surface area contributed by atoms with Crippen molar-refractivity contribution in [2.24, 2.45) is 7.05 Å². The largest absolute Gasteiger partial charge is 0.327 e. The van der Waals surface area contributed by atoms with Gasteiger partial charge < -0.3 is 9.88 Å². The molecule has 0 saturated heterocycles. The third-order valence-electron chi connectivity index (χ3n) is 2.56. The molecular weight excluding hydrogens is 190 g/mol. The minimum absolute atomic E-state index is 0.0639. The van der Waals surface area contributed by atoms with Gasteiger partial charge in [0.1, 0.15) is 0 Å². The van der Waals surface area contributed by atoms with Gasteiger partial charge in [-0.1, -0.05) is 20.3 Å². The number of aromatic nitrogens is 2. The zero-order valence-corrected chi connectivity index (χ0v) is 9.86. The van der Waals surface area contributed by atoms with Crippen molar-refractivity contribution in [3.8, 4) is 0 Å². The predicted octanol–water partition coefficient (Wildman–Crippen LogP) is 0.965. The molecule has 1 atom stereocenters. The summed E-state index contributed by atoms with van der Waals surface area (Å²) < 4.78 is 3.37. The van der Waals surface area contributed by atoms with Gasteiger partial charge in [0.25, 0.3) is 0 Å². The summed E-state index contributed by atoms with van der Waals surface area (Å²) in [6, 6.07) is 0.403. The van der Waals surface area contributed by atoms with Gasteiger partial charge in [0.15, 0.2) is 0 Å². The Hall–Kier alpha value is -1.03. The minimum Gasteiger partial charge on any atom is -0.312 e. The van der Waals surface area contributed by atoms with Crippen molar-refractivity contribution >= 4 is 0 Å². The quantitative estimate of drug-likeness (QED) is 0.761. The van der Waals surface area contributed by atoms with Crippen molar-refractivity contribution < 1.29 is 0 Å². The molecule has 0 aliphatic carbocycles. The molecule has 0 saturated carbocycles. The van der Waals surface area contributed by atoms with Crippen molar-refractivity contribution in [1.29, 1.82) is 0 Å². The van der Waals surface area contributed by atoms with Crippen molar-refractivity contribution in [1.82, 2.24) is 14.5 Å². The molecule has 0 radical (unpaired) electrons. The highest BCUT2D eigenvalue weighted by atomic mass is 16.1. The first kappa shape index (κ1) is 12.0. The van der Waals surface area contributed by atoms with E-state index in [1.807, 2.05) is 6.20 Å². The van der Waals surface area contributed by atoms with Crippen molar-refractivity contribution in [3.05, 3.63) is 22.9 Å². The Balaban J connectivity index is 2.65. The van der Waals surface area contributed by atoms with Gasteiger partial charge in [0, 0.05) is 32.0 Å². The number of rotatable bonds is 6. The molecular formula is C11H21N3O. The van der Waals surface area contributed by atoms with Crippen LogP contribution in [0.5, 0.6) is 0 Å². The second-order valence-corrected chi connectivity index (χ2v) is 3.89. The predicted molar refractivity (Wildman–Crippen MR) is 62.0 cm³/mol. The highest BCUT2D eigenvalue weighted by Gasteiger charge is 2.08. The van der Waals surface area contributed by atoms with E-state index in [4.69, 9.17) is 0 Å². The number of aryl methyl sites for hydroxylation is 1. The second kappa shape index (κ2) is 5.75. The summed E-state index contributed by atoms with van der Waals surface area (Å²) in [6.07, 6.45) is 5.90. The lowest BCUT2D eigenvalue weighted by atomic mass is 10.1. The van der Waals surface area contributed by atoms with Crippen molar-refractivity contribution in [2.45, 2.75) is 39.3 Å². The monoisotopic (exact) mass is 211 g/mol. The maximum absolute atomic E-state index is 11.6.